The van der Waals surface area contributed by atoms with Gasteiger partial charge in [-0.15, -0.1) is 0 Å². The summed E-state index contributed by atoms with van der Waals surface area (Å²) in [6, 6.07) is 12.9. The molecular formula is C18H18N2O3. The molecule has 118 valence electrons. The standard InChI is InChI=1S/C18H18N2O3/c1-22-11-12-23-14-18(21)20-17-7-4-5-15(13-17)8-9-16-6-2-3-10-19-16/h2-7,10,13H,11-12,14H2,1H3,(H,20,21). The van der Waals surface area contributed by atoms with Crippen LogP contribution < -0.4 is 5.32 Å². The number of methoxy groups -OCH3 is 1. The minimum atomic E-state index is -0.212. The van der Waals surface area contributed by atoms with Gasteiger partial charge < -0.3 is 14.8 Å². The number of ether oxygens (including phenoxy) is 2. The van der Waals surface area contributed by atoms with Gasteiger partial charge in [0.15, 0.2) is 0 Å². The van der Waals surface area contributed by atoms with Gasteiger partial charge in [-0.3, -0.25) is 4.79 Å². The summed E-state index contributed by atoms with van der Waals surface area (Å²) >= 11 is 0. The number of pyridine rings is 1. The first kappa shape index (κ1) is 16.7. The number of benzene rings is 1. The number of carbonyl (C=O) groups excluding carboxylic acids is 1. The fourth-order valence-electron chi connectivity index (χ4n) is 1.75. The largest absolute Gasteiger partial charge is 0.382 e. The Bertz CT molecular complexity index is 690. The van der Waals surface area contributed by atoms with E-state index >= 15 is 0 Å². The summed E-state index contributed by atoms with van der Waals surface area (Å²) in [6.07, 6.45) is 1.70. The molecule has 2 aromatic rings. The molecule has 0 radical (unpaired) electrons. The van der Waals surface area contributed by atoms with Crippen molar-refractivity contribution in [2.45, 2.75) is 0 Å². The Morgan fingerprint density at radius 1 is 1.17 bits per heavy atom. The van der Waals surface area contributed by atoms with Crippen LogP contribution in [0.2, 0.25) is 0 Å². The van der Waals surface area contributed by atoms with E-state index in [2.05, 4.69) is 22.1 Å². The van der Waals surface area contributed by atoms with E-state index in [0.717, 1.165) is 5.56 Å². The van der Waals surface area contributed by atoms with Gasteiger partial charge in [0.05, 0.1) is 13.2 Å². The maximum absolute atomic E-state index is 11.7. The molecule has 0 fully saturated rings. The van der Waals surface area contributed by atoms with Crippen LogP contribution in [0.25, 0.3) is 0 Å². The van der Waals surface area contributed by atoms with Crippen LogP contribution in [-0.4, -0.2) is 37.8 Å². The lowest BCUT2D eigenvalue weighted by Gasteiger charge is -2.06. The molecule has 5 nitrogen and oxygen atoms in total. The lowest BCUT2D eigenvalue weighted by Crippen LogP contribution is -2.19. The third-order valence-electron chi connectivity index (χ3n) is 2.81. The summed E-state index contributed by atoms with van der Waals surface area (Å²) in [5.41, 5.74) is 2.18. The van der Waals surface area contributed by atoms with Crippen molar-refractivity contribution in [3.8, 4) is 11.8 Å². The minimum absolute atomic E-state index is 0.00674. The highest BCUT2D eigenvalue weighted by Crippen LogP contribution is 2.09. The third kappa shape index (κ3) is 6.30. The molecule has 0 aliphatic rings. The number of aromatic nitrogens is 1. The van der Waals surface area contributed by atoms with Crippen LogP contribution >= 0.6 is 0 Å². The van der Waals surface area contributed by atoms with E-state index in [1.54, 1.807) is 19.4 Å². The predicted octanol–water partition coefficient (Wildman–Crippen LogP) is 2.08. The van der Waals surface area contributed by atoms with Gasteiger partial charge >= 0.3 is 0 Å². The molecular weight excluding hydrogens is 292 g/mol. The molecule has 1 aromatic carbocycles. The minimum Gasteiger partial charge on any atom is -0.382 e. The number of hydrogen-bond donors (Lipinski definition) is 1. The predicted molar refractivity (Wildman–Crippen MR) is 88.0 cm³/mol. The molecule has 0 aliphatic carbocycles. The summed E-state index contributed by atoms with van der Waals surface area (Å²) in [5, 5.41) is 2.77. The van der Waals surface area contributed by atoms with Gasteiger partial charge in [0, 0.05) is 24.6 Å². The van der Waals surface area contributed by atoms with Crippen molar-refractivity contribution in [3.63, 3.8) is 0 Å². The highest BCUT2D eigenvalue weighted by Gasteiger charge is 2.02. The van der Waals surface area contributed by atoms with Crippen LogP contribution in [0.1, 0.15) is 11.3 Å². The normalized spacial score (nSPS) is 9.78. The monoisotopic (exact) mass is 310 g/mol. The lowest BCUT2D eigenvalue weighted by atomic mass is 10.2. The Kier molecular flexibility index (Phi) is 6.79. The van der Waals surface area contributed by atoms with E-state index in [9.17, 15) is 4.79 Å². The third-order valence-corrected chi connectivity index (χ3v) is 2.81. The summed E-state index contributed by atoms with van der Waals surface area (Å²) in [4.78, 5) is 15.9. The average molecular weight is 310 g/mol. The molecule has 23 heavy (non-hydrogen) atoms. The van der Waals surface area contributed by atoms with Gasteiger partial charge in [0.1, 0.15) is 12.3 Å². The molecule has 0 saturated carbocycles. The van der Waals surface area contributed by atoms with Crippen molar-refractivity contribution in [2.75, 3.05) is 32.2 Å². The maximum atomic E-state index is 11.7. The van der Waals surface area contributed by atoms with Gasteiger partial charge in [-0.1, -0.05) is 18.1 Å². The number of amides is 1. The van der Waals surface area contributed by atoms with Crippen LogP contribution in [0, 0.1) is 11.8 Å². The molecule has 0 spiro atoms. The number of carbonyl (C=O) groups is 1. The molecule has 1 aromatic heterocycles. The molecule has 1 amide bonds. The molecule has 0 bridgehead atoms. The smallest absolute Gasteiger partial charge is 0.250 e. The van der Waals surface area contributed by atoms with Gasteiger partial charge in [-0.2, -0.15) is 0 Å². The number of rotatable bonds is 6. The van der Waals surface area contributed by atoms with E-state index in [1.165, 1.54) is 0 Å². The maximum Gasteiger partial charge on any atom is 0.250 e. The van der Waals surface area contributed by atoms with Crippen molar-refractivity contribution >= 4 is 11.6 Å². The van der Waals surface area contributed by atoms with Crippen molar-refractivity contribution in [1.29, 1.82) is 0 Å². The molecule has 0 unspecified atom stereocenters. The van der Waals surface area contributed by atoms with E-state index in [-0.39, 0.29) is 12.5 Å². The van der Waals surface area contributed by atoms with Crippen LogP contribution in [0.3, 0.4) is 0 Å². The number of nitrogens with one attached hydrogen (secondary N) is 1. The molecule has 5 heteroatoms. The first-order valence-corrected chi connectivity index (χ1v) is 7.17. The Balaban J connectivity index is 1.92. The average Bonchev–Trinajstić information content (AvgIpc) is 2.58. The highest BCUT2D eigenvalue weighted by atomic mass is 16.5. The second kappa shape index (κ2) is 9.36. The van der Waals surface area contributed by atoms with Gasteiger partial charge in [0.2, 0.25) is 5.91 Å². The zero-order chi connectivity index (χ0) is 16.3. The highest BCUT2D eigenvalue weighted by molar-refractivity contribution is 5.91. The fraction of sp³-hybridized carbons (Fsp3) is 0.222. The fourth-order valence-corrected chi connectivity index (χ4v) is 1.75. The second-order valence-corrected chi connectivity index (χ2v) is 4.64. The van der Waals surface area contributed by atoms with E-state index in [4.69, 9.17) is 9.47 Å². The second-order valence-electron chi connectivity index (χ2n) is 4.64. The zero-order valence-corrected chi connectivity index (χ0v) is 12.9. The van der Waals surface area contributed by atoms with Crippen molar-refractivity contribution in [3.05, 3.63) is 59.9 Å². The number of hydrogen-bond acceptors (Lipinski definition) is 4. The van der Waals surface area contributed by atoms with Crippen LogP contribution in [0.5, 0.6) is 0 Å². The summed E-state index contributed by atoms with van der Waals surface area (Å²) in [6.45, 7) is 0.846. The van der Waals surface area contributed by atoms with Crippen molar-refractivity contribution in [2.24, 2.45) is 0 Å². The number of anilines is 1. The van der Waals surface area contributed by atoms with Crippen molar-refractivity contribution in [1.82, 2.24) is 4.98 Å². The van der Waals surface area contributed by atoms with Crippen LogP contribution in [0.4, 0.5) is 5.69 Å². The summed E-state index contributed by atoms with van der Waals surface area (Å²) in [7, 11) is 1.58. The number of nitrogens with zero attached hydrogens (tertiary/aromatic N) is 1. The summed E-state index contributed by atoms with van der Waals surface area (Å²) in [5.74, 6) is 5.79. The molecule has 1 heterocycles. The Labute approximate surface area is 135 Å². The Hall–Kier alpha value is -2.68. The molecule has 0 saturated heterocycles. The zero-order valence-electron chi connectivity index (χ0n) is 12.9. The molecule has 1 N–H and O–H groups in total. The van der Waals surface area contributed by atoms with E-state index < -0.39 is 0 Å². The molecule has 2 rings (SSSR count). The Morgan fingerprint density at radius 2 is 2.09 bits per heavy atom. The quantitative estimate of drug-likeness (QED) is 0.655. The Morgan fingerprint density at radius 3 is 2.87 bits per heavy atom. The molecule has 0 atom stereocenters. The topological polar surface area (TPSA) is 60.5 Å². The van der Waals surface area contributed by atoms with E-state index in [1.807, 2.05) is 36.4 Å². The van der Waals surface area contributed by atoms with Gasteiger partial charge in [-0.05, 0) is 36.3 Å². The SMILES string of the molecule is COCCOCC(=O)Nc1cccc(C#Cc2ccccn2)c1. The van der Waals surface area contributed by atoms with E-state index in [0.29, 0.717) is 24.6 Å². The summed E-state index contributed by atoms with van der Waals surface area (Å²) < 4.78 is 10.0. The first-order valence-electron chi connectivity index (χ1n) is 7.17. The van der Waals surface area contributed by atoms with Crippen LogP contribution in [-0.2, 0) is 14.3 Å². The molecule has 0 aliphatic heterocycles. The first-order chi connectivity index (χ1) is 11.3. The van der Waals surface area contributed by atoms with Crippen molar-refractivity contribution < 1.29 is 14.3 Å². The van der Waals surface area contributed by atoms with Gasteiger partial charge in [0.25, 0.3) is 0 Å². The van der Waals surface area contributed by atoms with Gasteiger partial charge in [-0.25, -0.2) is 4.98 Å². The lowest BCUT2D eigenvalue weighted by molar-refractivity contribution is -0.121. The van der Waals surface area contributed by atoms with Crippen LogP contribution in [0.15, 0.2) is 48.7 Å².